The molecule has 4 heteroatoms. The van der Waals surface area contributed by atoms with E-state index >= 15 is 0 Å². The summed E-state index contributed by atoms with van der Waals surface area (Å²) in [4.78, 5) is 2.60. The highest BCUT2D eigenvalue weighted by atomic mass is 16.5. The quantitative estimate of drug-likeness (QED) is 0.912. The molecule has 3 fully saturated rings. The molecule has 0 aromatic heterocycles. The second kappa shape index (κ2) is 4.98. The number of fused-ring (bicyclic) bond motifs is 2. The number of benzene rings is 1. The Balaban J connectivity index is 1.54. The summed E-state index contributed by atoms with van der Waals surface area (Å²) in [7, 11) is 0. The highest BCUT2D eigenvalue weighted by Crippen LogP contribution is 2.39. The molecule has 1 N–H and O–H groups in total. The Morgan fingerprint density at radius 1 is 1.14 bits per heavy atom. The summed E-state index contributed by atoms with van der Waals surface area (Å²) in [5.74, 6) is 1.64. The minimum absolute atomic E-state index is 0.155. The number of hydrogen-bond donors (Lipinski definition) is 1. The van der Waals surface area contributed by atoms with Gasteiger partial charge in [0.1, 0.15) is 11.4 Å². The molecule has 4 aliphatic heterocycles. The molecule has 0 spiro atoms. The van der Waals surface area contributed by atoms with Crippen molar-refractivity contribution < 1.29 is 4.74 Å². The predicted octanol–water partition coefficient (Wildman–Crippen LogP) is 2.96. The second-order valence-electron chi connectivity index (χ2n) is 7.68. The molecule has 4 heterocycles. The van der Waals surface area contributed by atoms with Crippen LogP contribution in [0.3, 0.4) is 0 Å². The van der Waals surface area contributed by atoms with E-state index in [0.717, 1.165) is 5.75 Å². The van der Waals surface area contributed by atoms with Crippen LogP contribution in [0.25, 0.3) is 0 Å². The number of hydrazone groups is 1. The maximum atomic E-state index is 5.92. The van der Waals surface area contributed by atoms with Crippen LogP contribution in [-0.2, 0) is 0 Å². The predicted molar refractivity (Wildman–Crippen MR) is 88.2 cm³/mol. The third-order valence-electron chi connectivity index (χ3n) is 4.96. The average molecular weight is 299 g/mol. The van der Waals surface area contributed by atoms with Crippen LogP contribution in [0.4, 0.5) is 0 Å². The largest absolute Gasteiger partial charge is 0.488 e. The van der Waals surface area contributed by atoms with Gasteiger partial charge in [-0.25, -0.2) is 0 Å². The summed E-state index contributed by atoms with van der Waals surface area (Å²) in [6, 6.07) is 9.28. The first kappa shape index (κ1) is 14.1. The Kier molecular flexibility index (Phi) is 3.19. The van der Waals surface area contributed by atoms with E-state index in [0.29, 0.717) is 18.0 Å². The van der Waals surface area contributed by atoms with Gasteiger partial charge in [0.2, 0.25) is 0 Å². The Morgan fingerprint density at radius 2 is 1.82 bits per heavy atom. The van der Waals surface area contributed by atoms with Gasteiger partial charge >= 0.3 is 0 Å². The number of rotatable bonds is 2. The zero-order valence-electron chi connectivity index (χ0n) is 13.7. The molecule has 1 aromatic carbocycles. The van der Waals surface area contributed by atoms with Crippen molar-refractivity contribution in [2.24, 2.45) is 11.0 Å². The first-order valence-electron chi connectivity index (χ1n) is 8.37. The summed E-state index contributed by atoms with van der Waals surface area (Å²) >= 11 is 0. The molecule has 4 aliphatic rings. The van der Waals surface area contributed by atoms with E-state index in [1.807, 2.05) is 0 Å². The van der Waals surface area contributed by atoms with Crippen LogP contribution in [0.2, 0.25) is 0 Å². The van der Waals surface area contributed by atoms with Gasteiger partial charge < -0.3 is 10.2 Å². The third kappa shape index (κ3) is 2.39. The molecule has 0 saturated carbocycles. The Bertz CT molecular complexity index is 579. The summed E-state index contributed by atoms with van der Waals surface area (Å²) in [6.07, 6.45) is 2.56. The van der Waals surface area contributed by atoms with Gasteiger partial charge in [0, 0.05) is 5.92 Å². The molecular weight excluding hydrogens is 274 g/mol. The molecule has 0 amide bonds. The van der Waals surface area contributed by atoms with Crippen molar-refractivity contribution in [3.63, 3.8) is 0 Å². The van der Waals surface area contributed by atoms with Crippen molar-refractivity contribution in [3.05, 3.63) is 29.8 Å². The number of nitrogens with zero attached hydrogens (tertiary/aromatic N) is 2. The van der Waals surface area contributed by atoms with Crippen molar-refractivity contribution in [2.45, 2.75) is 51.3 Å². The minimum atomic E-state index is -0.155. The van der Waals surface area contributed by atoms with Gasteiger partial charge in [-0.2, -0.15) is 5.10 Å². The number of nitrogens with one attached hydrogen (secondary N) is 1. The normalized spacial score (nSPS) is 33.1. The molecule has 2 atom stereocenters. The maximum absolute atomic E-state index is 5.92. The lowest BCUT2D eigenvalue weighted by Gasteiger charge is -2.45. The standard InChI is InChI=1S/C18H25N3O/c1-18(2,3)22-14-6-4-12(5-7-14)15-17-16(20-19-15)13-8-10-21(17)11-9-13/h4-7,13,15,17,19H,8-11H2,1-3H3. The lowest BCUT2D eigenvalue weighted by atomic mass is 9.78. The lowest BCUT2D eigenvalue weighted by Crippen LogP contribution is -2.56. The van der Waals surface area contributed by atoms with Crippen molar-refractivity contribution in [3.8, 4) is 5.75 Å². The molecule has 118 valence electrons. The van der Waals surface area contributed by atoms with Gasteiger partial charge in [0.15, 0.2) is 0 Å². The van der Waals surface area contributed by atoms with Gasteiger partial charge in [-0.3, -0.25) is 4.90 Å². The summed E-state index contributed by atoms with van der Waals surface area (Å²) in [6.45, 7) is 8.66. The molecule has 5 rings (SSSR count). The van der Waals surface area contributed by atoms with Crippen molar-refractivity contribution >= 4 is 5.71 Å². The molecule has 3 saturated heterocycles. The average Bonchev–Trinajstić information content (AvgIpc) is 2.95. The van der Waals surface area contributed by atoms with Crippen molar-refractivity contribution in [1.82, 2.24) is 10.3 Å². The van der Waals surface area contributed by atoms with Crippen molar-refractivity contribution in [1.29, 1.82) is 0 Å². The Hall–Kier alpha value is -1.55. The number of hydrogen-bond acceptors (Lipinski definition) is 4. The topological polar surface area (TPSA) is 36.9 Å². The van der Waals surface area contributed by atoms with E-state index in [-0.39, 0.29) is 5.60 Å². The lowest BCUT2D eigenvalue weighted by molar-refractivity contribution is 0.130. The first-order valence-corrected chi connectivity index (χ1v) is 8.37. The van der Waals surface area contributed by atoms with Crippen LogP contribution < -0.4 is 10.2 Å². The fourth-order valence-corrected chi connectivity index (χ4v) is 4.01. The van der Waals surface area contributed by atoms with Gasteiger partial charge in [-0.1, -0.05) is 12.1 Å². The van der Waals surface area contributed by atoms with Crippen LogP contribution in [-0.4, -0.2) is 35.3 Å². The maximum Gasteiger partial charge on any atom is 0.120 e. The van der Waals surface area contributed by atoms with E-state index in [9.17, 15) is 0 Å². The monoisotopic (exact) mass is 299 g/mol. The van der Waals surface area contributed by atoms with Gasteiger partial charge in [-0.15, -0.1) is 0 Å². The molecule has 22 heavy (non-hydrogen) atoms. The number of piperidine rings is 3. The number of ether oxygens (including phenoxy) is 1. The zero-order valence-corrected chi connectivity index (χ0v) is 13.7. The van der Waals surface area contributed by atoms with E-state index in [4.69, 9.17) is 4.74 Å². The van der Waals surface area contributed by atoms with E-state index in [2.05, 4.69) is 60.5 Å². The SMILES string of the molecule is CC(C)(C)Oc1ccc(C2NN=C3C4CCN(CC4)C32)cc1. The Morgan fingerprint density at radius 3 is 2.45 bits per heavy atom. The fourth-order valence-electron chi connectivity index (χ4n) is 4.01. The van der Waals surface area contributed by atoms with E-state index in [1.54, 1.807) is 0 Å². The van der Waals surface area contributed by atoms with Crippen LogP contribution in [0.1, 0.15) is 45.2 Å². The van der Waals surface area contributed by atoms with Crippen LogP contribution >= 0.6 is 0 Å². The zero-order chi connectivity index (χ0) is 15.3. The van der Waals surface area contributed by atoms with Crippen LogP contribution in [0.5, 0.6) is 5.75 Å². The van der Waals surface area contributed by atoms with Gasteiger partial charge in [0.05, 0.1) is 17.8 Å². The molecule has 4 nitrogen and oxygen atoms in total. The molecule has 1 aromatic rings. The molecule has 2 unspecified atom stereocenters. The van der Waals surface area contributed by atoms with E-state index < -0.39 is 0 Å². The molecular formula is C18H25N3O. The second-order valence-corrected chi connectivity index (χ2v) is 7.68. The van der Waals surface area contributed by atoms with Gasteiger partial charge in [0.25, 0.3) is 0 Å². The Labute approximate surface area is 132 Å². The van der Waals surface area contributed by atoms with Crippen LogP contribution in [0.15, 0.2) is 29.4 Å². The summed E-state index contributed by atoms with van der Waals surface area (Å²) in [5, 5.41) is 4.67. The van der Waals surface area contributed by atoms with Crippen molar-refractivity contribution in [2.75, 3.05) is 13.1 Å². The van der Waals surface area contributed by atoms with Gasteiger partial charge in [-0.05, 0) is 64.4 Å². The summed E-state index contributed by atoms with van der Waals surface area (Å²) in [5.41, 5.74) is 5.92. The molecule has 0 radical (unpaired) electrons. The molecule has 2 bridgehead atoms. The highest BCUT2D eigenvalue weighted by molar-refractivity contribution is 5.95. The minimum Gasteiger partial charge on any atom is -0.488 e. The fraction of sp³-hybridized carbons (Fsp3) is 0.611. The summed E-state index contributed by atoms with van der Waals surface area (Å²) < 4.78 is 5.92. The highest BCUT2D eigenvalue weighted by Gasteiger charge is 2.46. The molecule has 0 aliphatic carbocycles. The first-order chi connectivity index (χ1) is 10.5. The van der Waals surface area contributed by atoms with E-state index in [1.165, 1.54) is 37.2 Å². The smallest absolute Gasteiger partial charge is 0.120 e. The van der Waals surface area contributed by atoms with Crippen LogP contribution in [0, 0.1) is 5.92 Å². The third-order valence-corrected chi connectivity index (χ3v) is 4.96.